The Morgan fingerprint density at radius 2 is 1.87 bits per heavy atom. The van der Waals surface area contributed by atoms with Crippen molar-refractivity contribution in [2.24, 2.45) is 0 Å². The summed E-state index contributed by atoms with van der Waals surface area (Å²) in [5.74, 6) is 0.451. The number of nitrogens with two attached hydrogens (primary N) is 1. The Morgan fingerprint density at radius 3 is 2.53 bits per heavy atom. The van der Waals surface area contributed by atoms with Gasteiger partial charge in [0.15, 0.2) is 0 Å². The van der Waals surface area contributed by atoms with Gasteiger partial charge >= 0.3 is 0 Å². The van der Waals surface area contributed by atoms with E-state index in [2.05, 4.69) is 10.2 Å². The zero-order chi connectivity index (χ0) is 10.7. The molecular formula is C11H11N3S. The first-order valence-electron chi connectivity index (χ1n) is 4.54. The van der Waals surface area contributed by atoms with Crippen LogP contribution in [0.25, 0.3) is 11.1 Å². The van der Waals surface area contributed by atoms with Gasteiger partial charge in [0.25, 0.3) is 0 Å². The second-order valence-corrected chi connectivity index (χ2v) is 3.85. The van der Waals surface area contributed by atoms with Crippen molar-refractivity contribution in [3.63, 3.8) is 0 Å². The Morgan fingerprint density at radius 1 is 1.13 bits per heavy atom. The Labute approximate surface area is 92.7 Å². The molecule has 0 bridgehead atoms. The standard InChI is InChI=1S/C11H11N3S/c1-15-11-9(7-10(12)13-14-11)8-5-3-2-4-6-8/h2-7H,1H3,(H2,12,13). The highest BCUT2D eigenvalue weighted by Crippen LogP contribution is 2.28. The predicted molar refractivity (Wildman–Crippen MR) is 63.7 cm³/mol. The Kier molecular flexibility index (Phi) is 2.87. The molecule has 4 heteroatoms. The van der Waals surface area contributed by atoms with Crippen LogP contribution in [0.4, 0.5) is 5.82 Å². The first kappa shape index (κ1) is 9.98. The Balaban J connectivity index is 2.56. The van der Waals surface area contributed by atoms with Crippen LogP contribution in [0, 0.1) is 0 Å². The molecule has 1 heterocycles. The maximum atomic E-state index is 5.64. The molecule has 3 nitrogen and oxygen atoms in total. The summed E-state index contributed by atoms with van der Waals surface area (Å²) in [5.41, 5.74) is 7.79. The van der Waals surface area contributed by atoms with Crippen LogP contribution in [-0.4, -0.2) is 16.5 Å². The third kappa shape index (κ3) is 2.10. The number of hydrogen-bond donors (Lipinski definition) is 1. The predicted octanol–water partition coefficient (Wildman–Crippen LogP) is 2.45. The van der Waals surface area contributed by atoms with Crippen molar-refractivity contribution in [1.82, 2.24) is 10.2 Å². The van der Waals surface area contributed by atoms with Crippen LogP contribution in [0.1, 0.15) is 0 Å². The minimum absolute atomic E-state index is 0.451. The van der Waals surface area contributed by atoms with E-state index in [1.807, 2.05) is 42.7 Å². The van der Waals surface area contributed by atoms with E-state index in [1.165, 1.54) is 0 Å². The second-order valence-electron chi connectivity index (χ2n) is 3.06. The molecule has 2 rings (SSSR count). The molecule has 0 saturated carbocycles. The summed E-state index contributed by atoms with van der Waals surface area (Å²) in [7, 11) is 0. The van der Waals surface area contributed by atoms with Crippen LogP contribution in [-0.2, 0) is 0 Å². The van der Waals surface area contributed by atoms with Crippen molar-refractivity contribution in [1.29, 1.82) is 0 Å². The number of nitrogen functional groups attached to an aromatic ring is 1. The molecule has 0 radical (unpaired) electrons. The molecule has 76 valence electrons. The fourth-order valence-electron chi connectivity index (χ4n) is 1.37. The van der Waals surface area contributed by atoms with Gasteiger partial charge in [-0.1, -0.05) is 30.3 Å². The van der Waals surface area contributed by atoms with E-state index in [-0.39, 0.29) is 0 Å². The van der Waals surface area contributed by atoms with Crippen molar-refractivity contribution in [2.75, 3.05) is 12.0 Å². The highest BCUT2D eigenvalue weighted by Gasteiger charge is 2.06. The van der Waals surface area contributed by atoms with Crippen molar-refractivity contribution in [3.05, 3.63) is 36.4 Å². The number of rotatable bonds is 2. The van der Waals surface area contributed by atoms with Crippen LogP contribution in [0.15, 0.2) is 41.4 Å². The molecule has 1 aromatic carbocycles. The van der Waals surface area contributed by atoms with Gasteiger partial charge in [-0.25, -0.2) is 0 Å². The van der Waals surface area contributed by atoms with Gasteiger partial charge < -0.3 is 5.73 Å². The molecule has 0 amide bonds. The van der Waals surface area contributed by atoms with Gasteiger partial charge in [-0.05, 0) is 17.9 Å². The van der Waals surface area contributed by atoms with Crippen molar-refractivity contribution < 1.29 is 0 Å². The molecule has 1 aromatic heterocycles. The van der Waals surface area contributed by atoms with Crippen molar-refractivity contribution in [2.45, 2.75) is 5.03 Å². The van der Waals surface area contributed by atoms with E-state index >= 15 is 0 Å². The molecule has 0 atom stereocenters. The molecule has 0 unspecified atom stereocenters. The summed E-state index contributed by atoms with van der Waals surface area (Å²) in [6, 6.07) is 11.9. The van der Waals surface area contributed by atoms with E-state index in [9.17, 15) is 0 Å². The number of aromatic nitrogens is 2. The van der Waals surface area contributed by atoms with Crippen LogP contribution in [0.5, 0.6) is 0 Å². The average Bonchev–Trinajstić information content (AvgIpc) is 2.30. The third-order valence-electron chi connectivity index (χ3n) is 2.06. The number of thioether (sulfide) groups is 1. The smallest absolute Gasteiger partial charge is 0.146 e. The highest BCUT2D eigenvalue weighted by atomic mass is 32.2. The van der Waals surface area contributed by atoms with E-state index in [0.29, 0.717) is 5.82 Å². The molecule has 0 aliphatic rings. The number of nitrogens with zero attached hydrogens (tertiary/aromatic N) is 2. The van der Waals surface area contributed by atoms with Crippen molar-refractivity contribution in [3.8, 4) is 11.1 Å². The highest BCUT2D eigenvalue weighted by molar-refractivity contribution is 7.98. The number of hydrogen-bond acceptors (Lipinski definition) is 4. The first-order valence-corrected chi connectivity index (χ1v) is 5.76. The zero-order valence-corrected chi connectivity index (χ0v) is 9.16. The molecule has 0 aliphatic carbocycles. The van der Waals surface area contributed by atoms with Gasteiger partial charge in [-0.15, -0.1) is 22.0 Å². The van der Waals surface area contributed by atoms with E-state index < -0.39 is 0 Å². The molecule has 0 saturated heterocycles. The summed E-state index contributed by atoms with van der Waals surface area (Å²) in [6.07, 6.45) is 1.98. The fourth-order valence-corrected chi connectivity index (χ4v) is 1.89. The largest absolute Gasteiger partial charge is 0.382 e. The molecule has 2 aromatic rings. The van der Waals surface area contributed by atoms with Gasteiger partial charge in [-0.3, -0.25) is 0 Å². The molecule has 2 N–H and O–H groups in total. The lowest BCUT2D eigenvalue weighted by Crippen LogP contribution is -1.96. The van der Waals surface area contributed by atoms with Crippen LogP contribution < -0.4 is 5.73 Å². The lowest BCUT2D eigenvalue weighted by molar-refractivity contribution is 0.945. The van der Waals surface area contributed by atoms with Gasteiger partial charge in [0.05, 0.1) is 0 Å². The van der Waals surface area contributed by atoms with Gasteiger partial charge in [0, 0.05) is 5.56 Å². The maximum Gasteiger partial charge on any atom is 0.146 e. The van der Waals surface area contributed by atoms with Gasteiger partial charge in [0.2, 0.25) is 0 Å². The molecule has 15 heavy (non-hydrogen) atoms. The normalized spacial score (nSPS) is 10.2. The van der Waals surface area contributed by atoms with Crippen LogP contribution in [0.2, 0.25) is 0 Å². The summed E-state index contributed by atoms with van der Waals surface area (Å²) in [5, 5.41) is 8.80. The second kappa shape index (κ2) is 4.31. The topological polar surface area (TPSA) is 51.8 Å². The van der Waals surface area contributed by atoms with Gasteiger partial charge in [-0.2, -0.15) is 0 Å². The van der Waals surface area contributed by atoms with Crippen LogP contribution in [0.3, 0.4) is 0 Å². The lowest BCUT2D eigenvalue weighted by atomic mass is 10.1. The summed E-state index contributed by atoms with van der Waals surface area (Å²) >= 11 is 1.57. The van der Waals surface area contributed by atoms with E-state index in [1.54, 1.807) is 11.8 Å². The third-order valence-corrected chi connectivity index (χ3v) is 2.75. The molecule has 0 aliphatic heterocycles. The summed E-state index contributed by atoms with van der Waals surface area (Å²) in [6.45, 7) is 0. The average molecular weight is 217 g/mol. The number of anilines is 1. The van der Waals surface area contributed by atoms with E-state index in [4.69, 9.17) is 5.73 Å². The van der Waals surface area contributed by atoms with Crippen LogP contribution >= 0.6 is 11.8 Å². The minimum atomic E-state index is 0.451. The fraction of sp³-hybridized carbons (Fsp3) is 0.0909. The molecule has 0 spiro atoms. The molecular weight excluding hydrogens is 206 g/mol. The molecule has 0 fully saturated rings. The Bertz CT molecular complexity index is 457. The van der Waals surface area contributed by atoms with Gasteiger partial charge in [0.1, 0.15) is 10.8 Å². The monoisotopic (exact) mass is 217 g/mol. The minimum Gasteiger partial charge on any atom is -0.382 e. The summed E-state index contributed by atoms with van der Waals surface area (Å²) in [4.78, 5) is 0. The zero-order valence-electron chi connectivity index (χ0n) is 8.34. The number of benzene rings is 1. The van der Waals surface area contributed by atoms with Crippen molar-refractivity contribution >= 4 is 17.6 Å². The van der Waals surface area contributed by atoms with E-state index in [0.717, 1.165) is 16.2 Å². The Hall–Kier alpha value is -1.55. The summed E-state index contributed by atoms with van der Waals surface area (Å²) < 4.78 is 0. The SMILES string of the molecule is CSc1nnc(N)cc1-c1ccccc1. The lowest BCUT2D eigenvalue weighted by Gasteiger charge is -2.05. The first-order chi connectivity index (χ1) is 7.31. The quantitative estimate of drug-likeness (QED) is 0.785. The maximum absolute atomic E-state index is 5.64.